The molecule has 1 aromatic heterocycles. The number of aromatic nitrogens is 2. The molecule has 452 valence electrons. The van der Waals surface area contributed by atoms with Gasteiger partial charge in [0.1, 0.15) is 47.8 Å². The van der Waals surface area contributed by atoms with Gasteiger partial charge in [-0.05, 0) is 87.2 Å². The molecule has 1 unspecified atom stereocenters. The van der Waals surface area contributed by atoms with Crippen LogP contribution in [0.15, 0.2) is 125 Å². The quantitative estimate of drug-likeness (QED) is 0.0171. The zero-order chi connectivity index (χ0) is 60.7. The van der Waals surface area contributed by atoms with Crippen LogP contribution in [0.5, 0.6) is 11.5 Å². The SMILES string of the molecule is COc1ccc(C(OC[C@H]2O[C@@H](n3cc(NC(=O)c4ccccc4)c(=O)[nH]c3=O)C[C@@H]2OP(OCCCO[C@@H]2O[C@H](COC(C)=O)[C@@H](OC(C)=O)[C@H](OC(C)=O)[C@H]2OC(C)=O)N(C(C)C)C(C)C)(c2ccccc2)c2ccc(OC)cc2)cc1. The molecular weight excluding hydrogens is 1110 g/mol. The Bertz CT molecular complexity index is 3050. The summed E-state index contributed by atoms with van der Waals surface area (Å²) in [4.78, 5) is 92.1. The topological polar surface area (TPSA) is 266 Å². The fraction of sp³-hybridized carbons (Fsp3) is 0.450. The summed E-state index contributed by atoms with van der Waals surface area (Å²) in [5.41, 5.74) is -0.603. The summed E-state index contributed by atoms with van der Waals surface area (Å²) in [5.74, 6) is -2.34. The molecule has 0 radical (unpaired) electrons. The van der Waals surface area contributed by atoms with Crippen LogP contribution in [-0.2, 0) is 71.7 Å². The van der Waals surface area contributed by atoms with Gasteiger partial charge >= 0.3 is 29.6 Å². The molecule has 0 bridgehead atoms. The van der Waals surface area contributed by atoms with Crippen molar-refractivity contribution in [2.45, 2.75) is 135 Å². The molecule has 0 saturated carbocycles. The number of esters is 4. The van der Waals surface area contributed by atoms with Gasteiger partial charge in [0.2, 0.25) is 0 Å². The van der Waals surface area contributed by atoms with Gasteiger partial charge in [-0.25, -0.2) is 9.46 Å². The molecule has 23 nitrogen and oxygen atoms in total. The van der Waals surface area contributed by atoms with Crippen LogP contribution in [0.3, 0.4) is 0 Å². The van der Waals surface area contributed by atoms with Crippen LogP contribution in [0.4, 0.5) is 5.69 Å². The second-order valence-electron chi connectivity index (χ2n) is 20.3. The van der Waals surface area contributed by atoms with Crippen LogP contribution in [0, 0.1) is 0 Å². The maximum Gasteiger partial charge on any atom is 0.330 e. The van der Waals surface area contributed by atoms with E-state index in [0.29, 0.717) is 11.5 Å². The minimum absolute atomic E-state index is 0.0149. The summed E-state index contributed by atoms with van der Waals surface area (Å²) in [6.45, 7) is 11.9. The van der Waals surface area contributed by atoms with E-state index in [1.165, 1.54) is 17.7 Å². The lowest BCUT2D eigenvalue weighted by Gasteiger charge is -2.44. The van der Waals surface area contributed by atoms with Crippen LogP contribution in [0.1, 0.15) is 102 Å². The van der Waals surface area contributed by atoms with Gasteiger partial charge in [0.15, 0.2) is 24.6 Å². The van der Waals surface area contributed by atoms with E-state index in [4.69, 9.17) is 56.4 Å². The summed E-state index contributed by atoms with van der Waals surface area (Å²) in [6.07, 6.45) is -8.32. The first-order valence-electron chi connectivity index (χ1n) is 27.4. The maximum absolute atomic E-state index is 13.9. The van der Waals surface area contributed by atoms with E-state index in [2.05, 4.69) is 15.0 Å². The second kappa shape index (κ2) is 30.0. The van der Waals surface area contributed by atoms with Crippen molar-refractivity contribution in [3.8, 4) is 11.5 Å². The molecule has 24 heteroatoms. The average Bonchev–Trinajstić information content (AvgIpc) is 4.04. The maximum atomic E-state index is 13.9. The third-order valence-corrected chi connectivity index (χ3v) is 15.7. The minimum atomic E-state index is -2.01. The summed E-state index contributed by atoms with van der Waals surface area (Å²) >= 11 is 0. The van der Waals surface area contributed by atoms with E-state index >= 15 is 0 Å². The van der Waals surface area contributed by atoms with E-state index in [1.807, 2.05) is 107 Å². The van der Waals surface area contributed by atoms with Gasteiger partial charge in [-0.3, -0.25) is 38.3 Å². The average molecular weight is 1190 g/mol. The smallest absolute Gasteiger partial charge is 0.330 e. The number of H-pyrrole nitrogens is 1. The molecule has 0 aliphatic carbocycles. The molecule has 2 saturated heterocycles. The molecule has 5 aromatic rings. The second-order valence-corrected chi connectivity index (χ2v) is 21.7. The summed E-state index contributed by atoms with van der Waals surface area (Å²) in [5, 5.41) is 2.63. The Morgan fingerprint density at radius 3 is 1.77 bits per heavy atom. The predicted octanol–water partition coefficient (Wildman–Crippen LogP) is 7.34. The van der Waals surface area contributed by atoms with Gasteiger partial charge in [-0.15, -0.1) is 0 Å². The summed E-state index contributed by atoms with van der Waals surface area (Å²) in [7, 11) is 1.16. The lowest BCUT2D eigenvalue weighted by Crippen LogP contribution is -2.63. The first-order chi connectivity index (χ1) is 40.2. The number of aromatic amines is 1. The number of methoxy groups -OCH3 is 2. The lowest BCUT2D eigenvalue weighted by molar-refractivity contribution is -0.308. The highest BCUT2D eigenvalue weighted by Gasteiger charge is 2.53. The monoisotopic (exact) mass is 1180 g/mol. The highest BCUT2D eigenvalue weighted by Crippen LogP contribution is 2.51. The van der Waals surface area contributed by atoms with Crippen molar-refractivity contribution in [2.75, 3.05) is 46.0 Å². The molecule has 4 aromatic carbocycles. The molecule has 1 amide bonds. The molecule has 2 aliphatic rings. The largest absolute Gasteiger partial charge is 0.497 e. The highest BCUT2D eigenvalue weighted by atomic mass is 31.2. The molecule has 2 N–H and O–H groups in total. The summed E-state index contributed by atoms with van der Waals surface area (Å²) in [6, 6.07) is 32.7. The number of ether oxygens (including phenoxy) is 10. The van der Waals surface area contributed by atoms with Crippen molar-refractivity contribution in [1.82, 2.24) is 14.2 Å². The fourth-order valence-electron chi connectivity index (χ4n) is 9.95. The number of nitrogens with zero attached hydrogens (tertiary/aromatic N) is 2. The Labute approximate surface area is 488 Å². The molecule has 2 aliphatic heterocycles. The Morgan fingerprint density at radius 2 is 1.23 bits per heavy atom. The van der Waals surface area contributed by atoms with Gasteiger partial charge < -0.3 is 61.7 Å². The van der Waals surface area contributed by atoms with Crippen molar-refractivity contribution in [1.29, 1.82) is 0 Å². The molecular formula is C60H73N4O19P. The first kappa shape index (κ1) is 64.2. The number of nitrogens with one attached hydrogen (secondary N) is 2. The van der Waals surface area contributed by atoms with Crippen LogP contribution in [0.25, 0.3) is 0 Å². The zero-order valence-electron chi connectivity index (χ0n) is 48.6. The Hall–Kier alpha value is -7.34. The normalized spacial score (nSPS) is 20.9. The first-order valence-corrected chi connectivity index (χ1v) is 28.5. The van der Waals surface area contributed by atoms with Gasteiger partial charge in [-0.2, -0.15) is 0 Å². The van der Waals surface area contributed by atoms with Crippen LogP contribution in [0.2, 0.25) is 0 Å². The van der Waals surface area contributed by atoms with E-state index < -0.39 is 111 Å². The number of amides is 1. The van der Waals surface area contributed by atoms with Gasteiger partial charge in [-0.1, -0.05) is 72.8 Å². The standard InChI is InChI=1S/C60H73N4O19P/c1-36(2)64(37(3)4)84(77-31-17-30-74-58-55(80-41(8)68)54(79-40(7)67)53(78-39(6)66)51(82-58)34-75-38(5)65)83-49-32-52(63-33-48(57(70)62-59(63)71)61-56(69)42-18-13-11-14-19-42)81-50(49)35-76-60(43-20-15-12-16-21-43,44-22-26-46(72-9)27-23-44)45-24-28-47(73-10)29-25-45/h11-16,18-29,33,36-37,49-55,58H,17,30-32,34-35H2,1-10H3,(H,61,69)(H,62,70,71)/t49-,50+,51+,52+,53+,54-,55+,58+,84?/m0/s1. The number of hydrogen-bond acceptors (Lipinski definition) is 20. The number of hydrogen-bond donors (Lipinski definition) is 2. The third kappa shape index (κ3) is 16.3. The fourth-order valence-corrected chi connectivity index (χ4v) is 11.7. The van der Waals surface area contributed by atoms with E-state index in [0.717, 1.165) is 37.5 Å². The Kier molecular flexibility index (Phi) is 22.9. The van der Waals surface area contributed by atoms with Crippen molar-refractivity contribution in [3.05, 3.63) is 158 Å². The number of carbonyl (C=O) groups excluding carboxylic acids is 5. The highest BCUT2D eigenvalue weighted by molar-refractivity contribution is 7.44. The molecule has 3 heterocycles. The van der Waals surface area contributed by atoms with Crippen LogP contribution < -0.4 is 26.0 Å². The van der Waals surface area contributed by atoms with Crippen LogP contribution in [-0.4, -0.2) is 140 Å². The summed E-state index contributed by atoms with van der Waals surface area (Å²) < 4.78 is 76.7. The van der Waals surface area contributed by atoms with E-state index in [1.54, 1.807) is 44.6 Å². The van der Waals surface area contributed by atoms with E-state index in [-0.39, 0.29) is 56.0 Å². The number of carbonyl (C=O) groups is 5. The number of rotatable bonds is 27. The van der Waals surface area contributed by atoms with Gasteiger partial charge in [0.25, 0.3) is 20.0 Å². The van der Waals surface area contributed by atoms with Crippen molar-refractivity contribution in [3.63, 3.8) is 0 Å². The zero-order valence-corrected chi connectivity index (χ0v) is 49.5. The molecule has 2 fully saturated rings. The van der Waals surface area contributed by atoms with Crippen LogP contribution >= 0.6 is 8.53 Å². The Morgan fingerprint density at radius 1 is 0.679 bits per heavy atom. The third-order valence-electron chi connectivity index (χ3n) is 13.6. The number of benzene rings is 4. The number of anilines is 1. The van der Waals surface area contributed by atoms with Gasteiger partial charge in [0, 0.05) is 58.0 Å². The minimum Gasteiger partial charge on any atom is -0.497 e. The van der Waals surface area contributed by atoms with Crippen molar-refractivity contribution >= 4 is 44.0 Å². The van der Waals surface area contributed by atoms with Crippen molar-refractivity contribution < 1.29 is 80.4 Å². The molecule has 9 atom stereocenters. The van der Waals surface area contributed by atoms with Crippen molar-refractivity contribution in [2.24, 2.45) is 0 Å². The molecule has 84 heavy (non-hydrogen) atoms. The van der Waals surface area contributed by atoms with Gasteiger partial charge in [0.05, 0.1) is 40.1 Å². The Balaban J connectivity index is 1.22. The molecule has 7 rings (SSSR count). The molecule has 0 spiro atoms. The lowest BCUT2D eigenvalue weighted by atomic mass is 9.80. The predicted molar refractivity (Wildman–Crippen MR) is 305 cm³/mol. The van der Waals surface area contributed by atoms with E-state index in [9.17, 15) is 33.6 Å².